The highest BCUT2D eigenvalue weighted by Gasteiger charge is 2.24. The Hall–Kier alpha value is -2.08. The van der Waals surface area contributed by atoms with Crippen molar-refractivity contribution < 1.29 is 19.8 Å². The highest BCUT2D eigenvalue weighted by Crippen LogP contribution is 2.18. The van der Waals surface area contributed by atoms with Crippen molar-refractivity contribution in [1.82, 2.24) is 5.32 Å². The molecule has 2 rings (SSSR count). The first kappa shape index (κ1) is 11.4. The number of carboxylic acids is 1. The molecule has 1 aliphatic heterocycles. The van der Waals surface area contributed by atoms with Gasteiger partial charge in [0.1, 0.15) is 0 Å². The van der Waals surface area contributed by atoms with Crippen molar-refractivity contribution in [2.45, 2.75) is 12.8 Å². The standard InChI is InChI=1S/C11H12N2O4/c14-9-5-6-13(11(17)12-9)8-3-1-7(2-4-8)10(15)16/h1-4,11,17H,5-6H2,(H,12,14)(H,15,16). The summed E-state index contributed by atoms with van der Waals surface area (Å²) in [5.74, 6) is -1.19. The molecule has 1 unspecified atom stereocenters. The zero-order chi connectivity index (χ0) is 12.4. The number of anilines is 1. The molecule has 0 bridgehead atoms. The lowest BCUT2D eigenvalue weighted by molar-refractivity contribution is -0.125. The second-order valence-corrected chi connectivity index (χ2v) is 3.74. The van der Waals surface area contributed by atoms with Gasteiger partial charge in [-0.3, -0.25) is 4.79 Å². The number of nitrogens with zero attached hydrogens (tertiary/aromatic N) is 1. The summed E-state index contributed by atoms with van der Waals surface area (Å²) in [6, 6.07) is 6.12. The van der Waals surface area contributed by atoms with Crippen molar-refractivity contribution >= 4 is 17.6 Å². The minimum Gasteiger partial charge on any atom is -0.478 e. The van der Waals surface area contributed by atoms with E-state index in [0.717, 1.165) is 0 Å². The molecule has 1 fully saturated rings. The summed E-state index contributed by atoms with van der Waals surface area (Å²) in [6.07, 6.45) is -0.760. The average Bonchev–Trinajstić information content (AvgIpc) is 2.29. The van der Waals surface area contributed by atoms with E-state index in [1.165, 1.54) is 12.1 Å². The molecule has 1 aliphatic rings. The molecule has 0 spiro atoms. The molecule has 0 aliphatic carbocycles. The first-order chi connectivity index (χ1) is 8.08. The molecule has 1 aromatic carbocycles. The summed E-state index contributed by atoms with van der Waals surface area (Å²) >= 11 is 0. The summed E-state index contributed by atoms with van der Waals surface area (Å²) in [5, 5.41) is 20.8. The lowest BCUT2D eigenvalue weighted by Gasteiger charge is -2.34. The van der Waals surface area contributed by atoms with E-state index in [-0.39, 0.29) is 11.5 Å². The molecule has 0 radical (unpaired) electrons. The fourth-order valence-corrected chi connectivity index (χ4v) is 1.70. The van der Waals surface area contributed by atoms with Gasteiger partial charge < -0.3 is 20.4 Å². The molecule has 1 saturated heterocycles. The Balaban J connectivity index is 2.17. The van der Waals surface area contributed by atoms with Crippen LogP contribution in [0.25, 0.3) is 0 Å². The summed E-state index contributed by atoms with van der Waals surface area (Å²) in [6.45, 7) is 0.402. The van der Waals surface area contributed by atoms with Gasteiger partial charge in [-0.2, -0.15) is 0 Å². The maximum atomic E-state index is 11.0. The molecular formula is C11H12N2O4. The largest absolute Gasteiger partial charge is 0.478 e. The van der Waals surface area contributed by atoms with Gasteiger partial charge in [0.15, 0.2) is 0 Å². The van der Waals surface area contributed by atoms with Crippen molar-refractivity contribution in [2.75, 3.05) is 11.4 Å². The predicted molar refractivity (Wildman–Crippen MR) is 59.5 cm³/mol. The van der Waals surface area contributed by atoms with Crippen LogP contribution in [0.5, 0.6) is 0 Å². The van der Waals surface area contributed by atoms with Gasteiger partial charge >= 0.3 is 5.97 Å². The van der Waals surface area contributed by atoms with Crippen LogP contribution in [0.4, 0.5) is 5.69 Å². The van der Waals surface area contributed by atoms with Gasteiger partial charge in [-0.15, -0.1) is 0 Å². The molecule has 0 aromatic heterocycles. The molecule has 90 valence electrons. The van der Waals surface area contributed by atoms with E-state index >= 15 is 0 Å². The van der Waals surface area contributed by atoms with Crippen molar-refractivity contribution in [3.05, 3.63) is 29.8 Å². The van der Waals surface area contributed by atoms with E-state index in [1.807, 2.05) is 0 Å². The first-order valence-corrected chi connectivity index (χ1v) is 5.15. The lowest BCUT2D eigenvalue weighted by Crippen LogP contribution is -2.54. The van der Waals surface area contributed by atoms with Crippen LogP contribution < -0.4 is 10.2 Å². The van der Waals surface area contributed by atoms with E-state index in [9.17, 15) is 14.7 Å². The Morgan fingerprint density at radius 3 is 2.53 bits per heavy atom. The molecule has 3 N–H and O–H groups in total. The van der Waals surface area contributed by atoms with Gasteiger partial charge in [0.2, 0.25) is 12.3 Å². The van der Waals surface area contributed by atoms with Crippen LogP contribution in [-0.4, -0.2) is 35.0 Å². The number of rotatable bonds is 2. The third kappa shape index (κ3) is 2.36. The second kappa shape index (κ2) is 4.42. The second-order valence-electron chi connectivity index (χ2n) is 3.74. The van der Waals surface area contributed by atoms with Crippen LogP contribution >= 0.6 is 0 Å². The molecule has 6 heteroatoms. The fraction of sp³-hybridized carbons (Fsp3) is 0.273. The molecular weight excluding hydrogens is 224 g/mol. The van der Waals surface area contributed by atoms with E-state index in [0.29, 0.717) is 18.7 Å². The number of carboxylic acid groups (broad SMARTS) is 1. The Bertz CT molecular complexity index is 443. The SMILES string of the molecule is O=C1CCN(c2ccc(C(=O)O)cc2)C(O)N1. The van der Waals surface area contributed by atoms with Crippen LogP contribution in [0.3, 0.4) is 0 Å². The molecule has 1 aromatic rings. The van der Waals surface area contributed by atoms with Gasteiger partial charge in [0, 0.05) is 18.7 Å². The normalized spacial score (nSPS) is 19.9. The number of aliphatic hydroxyl groups excluding tert-OH is 1. The quantitative estimate of drug-likeness (QED) is 0.671. The summed E-state index contributed by atoms with van der Waals surface area (Å²) in [5.41, 5.74) is 0.854. The smallest absolute Gasteiger partial charge is 0.335 e. The van der Waals surface area contributed by atoms with E-state index in [2.05, 4.69) is 5.32 Å². The van der Waals surface area contributed by atoms with Gasteiger partial charge in [0.25, 0.3) is 0 Å². The van der Waals surface area contributed by atoms with Gasteiger partial charge in [-0.1, -0.05) is 0 Å². The van der Waals surface area contributed by atoms with Crippen LogP contribution in [0.2, 0.25) is 0 Å². The van der Waals surface area contributed by atoms with E-state index in [4.69, 9.17) is 5.11 Å². The molecule has 1 atom stereocenters. The molecule has 17 heavy (non-hydrogen) atoms. The average molecular weight is 236 g/mol. The fourth-order valence-electron chi connectivity index (χ4n) is 1.70. The van der Waals surface area contributed by atoms with Gasteiger partial charge in [0.05, 0.1) is 5.56 Å². The van der Waals surface area contributed by atoms with Crippen LogP contribution in [0.1, 0.15) is 16.8 Å². The maximum absolute atomic E-state index is 11.0. The van der Waals surface area contributed by atoms with Crippen LogP contribution in [-0.2, 0) is 4.79 Å². The van der Waals surface area contributed by atoms with E-state index in [1.54, 1.807) is 17.0 Å². The highest BCUT2D eigenvalue weighted by atomic mass is 16.4. The number of benzene rings is 1. The number of hydrogen-bond donors (Lipinski definition) is 3. The Morgan fingerprint density at radius 1 is 1.35 bits per heavy atom. The lowest BCUT2D eigenvalue weighted by atomic mass is 10.2. The summed E-state index contributed by atoms with van der Waals surface area (Å²) in [7, 11) is 0. The van der Waals surface area contributed by atoms with Crippen molar-refractivity contribution in [3.63, 3.8) is 0 Å². The number of carbonyl (C=O) groups excluding carboxylic acids is 1. The van der Waals surface area contributed by atoms with Crippen LogP contribution in [0, 0.1) is 0 Å². The Labute approximate surface area is 97.5 Å². The van der Waals surface area contributed by atoms with Crippen molar-refractivity contribution in [2.24, 2.45) is 0 Å². The maximum Gasteiger partial charge on any atom is 0.335 e. The monoisotopic (exact) mass is 236 g/mol. The predicted octanol–water partition coefficient (Wildman–Crippen LogP) is -0.0130. The third-order valence-electron chi connectivity index (χ3n) is 2.61. The first-order valence-electron chi connectivity index (χ1n) is 5.15. The number of aromatic carboxylic acids is 1. The zero-order valence-electron chi connectivity index (χ0n) is 8.96. The van der Waals surface area contributed by atoms with E-state index < -0.39 is 12.3 Å². The Kier molecular flexibility index (Phi) is 2.97. The van der Waals surface area contributed by atoms with Gasteiger partial charge in [-0.25, -0.2) is 4.79 Å². The highest BCUT2D eigenvalue weighted by molar-refractivity contribution is 5.88. The molecule has 6 nitrogen and oxygen atoms in total. The minimum absolute atomic E-state index is 0.185. The third-order valence-corrected chi connectivity index (χ3v) is 2.61. The topological polar surface area (TPSA) is 89.9 Å². The minimum atomic E-state index is -1.06. The number of amides is 1. The van der Waals surface area contributed by atoms with Crippen LogP contribution in [0.15, 0.2) is 24.3 Å². The van der Waals surface area contributed by atoms with Crippen molar-refractivity contribution in [3.8, 4) is 0 Å². The number of carbonyl (C=O) groups is 2. The number of nitrogens with one attached hydrogen (secondary N) is 1. The number of hydrogen-bond acceptors (Lipinski definition) is 4. The molecule has 0 saturated carbocycles. The zero-order valence-corrected chi connectivity index (χ0v) is 8.96. The molecule has 1 amide bonds. The summed E-state index contributed by atoms with van der Waals surface area (Å²) in [4.78, 5) is 23.3. The number of aliphatic hydroxyl groups is 1. The molecule has 1 heterocycles. The van der Waals surface area contributed by atoms with Crippen molar-refractivity contribution in [1.29, 1.82) is 0 Å². The summed E-state index contributed by atoms with van der Waals surface area (Å²) < 4.78 is 0. The van der Waals surface area contributed by atoms with Gasteiger partial charge in [-0.05, 0) is 24.3 Å². The Morgan fingerprint density at radius 2 is 2.00 bits per heavy atom.